The van der Waals surface area contributed by atoms with Gasteiger partial charge >= 0.3 is 0 Å². The van der Waals surface area contributed by atoms with E-state index in [9.17, 15) is 8.42 Å². The summed E-state index contributed by atoms with van der Waals surface area (Å²) in [6.07, 6.45) is 3.14. The quantitative estimate of drug-likeness (QED) is 0.578. The minimum Gasteiger partial charge on any atom is -0.361 e. The molecule has 2 aliphatic heterocycles. The van der Waals surface area contributed by atoms with Crippen LogP contribution >= 0.6 is 0 Å². The highest BCUT2D eigenvalue weighted by molar-refractivity contribution is 7.91. The van der Waals surface area contributed by atoms with Crippen LogP contribution in [0.25, 0.3) is 0 Å². The molecule has 3 fully saturated rings. The third-order valence-electron chi connectivity index (χ3n) is 5.47. The monoisotopic (exact) mass is 395 g/mol. The molecule has 8 nitrogen and oxygen atoms in total. The second-order valence-corrected chi connectivity index (χ2v) is 10.3. The summed E-state index contributed by atoms with van der Waals surface area (Å²) in [6.45, 7) is 7.07. The third-order valence-corrected chi connectivity index (χ3v) is 7.31. The van der Waals surface area contributed by atoms with Crippen LogP contribution in [0, 0.1) is 12.8 Å². The van der Waals surface area contributed by atoms with Gasteiger partial charge in [0.15, 0.2) is 15.8 Å². The molecule has 2 saturated heterocycles. The van der Waals surface area contributed by atoms with E-state index in [0.717, 1.165) is 56.6 Å². The van der Waals surface area contributed by atoms with Crippen LogP contribution in [0.5, 0.6) is 0 Å². The molecule has 1 unspecified atom stereocenters. The zero-order chi connectivity index (χ0) is 18.9. The molecule has 1 aromatic heterocycles. The summed E-state index contributed by atoms with van der Waals surface area (Å²) >= 11 is 0. The average molecular weight is 396 g/mol. The number of guanidine groups is 1. The highest BCUT2D eigenvalue weighted by Gasteiger charge is 2.30. The van der Waals surface area contributed by atoms with Crippen LogP contribution in [0.2, 0.25) is 0 Å². The Morgan fingerprint density at radius 3 is 2.67 bits per heavy atom. The van der Waals surface area contributed by atoms with Gasteiger partial charge in [-0.3, -0.25) is 9.89 Å². The Hall–Kier alpha value is -1.61. The maximum Gasteiger partial charge on any atom is 0.194 e. The van der Waals surface area contributed by atoms with Gasteiger partial charge in [0.2, 0.25) is 0 Å². The van der Waals surface area contributed by atoms with Gasteiger partial charge in [0.1, 0.15) is 5.76 Å². The fraction of sp³-hybridized carbons (Fsp3) is 0.778. The molecule has 1 saturated carbocycles. The molecule has 0 aromatic carbocycles. The van der Waals surface area contributed by atoms with Gasteiger partial charge in [-0.05, 0) is 32.1 Å². The lowest BCUT2D eigenvalue weighted by Gasteiger charge is -2.36. The number of aryl methyl sites for hydroxylation is 1. The predicted octanol–water partition coefficient (Wildman–Crippen LogP) is 0.643. The lowest BCUT2D eigenvalue weighted by molar-refractivity contribution is 0.168. The summed E-state index contributed by atoms with van der Waals surface area (Å²) in [6, 6.07) is 2.52. The first-order chi connectivity index (χ1) is 13.0. The van der Waals surface area contributed by atoms with E-state index in [0.29, 0.717) is 18.3 Å². The van der Waals surface area contributed by atoms with Crippen molar-refractivity contribution in [1.29, 1.82) is 0 Å². The summed E-state index contributed by atoms with van der Waals surface area (Å²) in [5.41, 5.74) is 0.980. The van der Waals surface area contributed by atoms with Crippen LogP contribution in [0.3, 0.4) is 0 Å². The molecule has 0 amide bonds. The van der Waals surface area contributed by atoms with Crippen molar-refractivity contribution in [1.82, 2.24) is 20.3 Å². The van der Waals surface area contributed by atoms with Gasteiger partial charge < -0.3 is 14.7 Å². The highest BCUT2D eigenvalue weighted by atomic mass is 32.2. The number of rotatable bonds is 5. The molecule has 0 radical (unpaired) electrons. The van der Waals surface area contributed by atoms with Crippen LogP contribution in [0.15, 0.2) is 15.6 Å². The Balaban J connectivity index is 1.32. The number of piperazine rings is 1. The number of sulfone groups is 1. The number of aliphatic imine (C=N–C) groups is 1. The summed E-state index contributed by atoms with van der Waals surface area (Å²) in [5, 5.41) is 7.64. The van der Waals surface area contributed by atoms with Crippen LogP contribution < -0.4 is 5.32 Å². The van der Waals surface area contributed by atoms with Crippen LogP contribution in [0.4, 0.5) is 0 Å². The molecule has 1 aliphatic carbocycles. The van der Waals surface area contributed by atoms with E-state index in [1.807, 2.05) is 13.0 Å². The molecule has 1 N–H and O–H groups in total. The molecule has 4 rings (SSSR count). The van der Waals surface area contributed by atoms with E-state index in [-0.39, 0.29) is 11.7 Å². The summed E-state index contributed by atoms with van der Waals surface area (Å²) < 4.78 is 28.5. The summed E-state index contributed by atoms with van der Waals surface area (Å²) in [4.78, 5) is 9.50. The van der Waals surface area contributed by atoms with Gasteiger partial charge in [0, 0.05) is 51.4 Å². The number of hydrogen-bond acceptors (Lipinski definition) is 6. The minimum absolute atomic E-state index is 0.169. The van der Waals surface area contributed by atoms with Gasteiger partial charge in [-0.2, -0.15) is 0 Å². The maximum atomic E-state index is 11.7. The number of aromatic nitrogens is 1. The molecule has 1 atom stereocenters. The SMILES string of the molecule is Cc1cc(CN2CCN(C(=NCC3CCS(=O)(=O)C3)NC3CC3)CC2)no1. The summed E-state index contributed by atoms with van der Waals surface area (Å²) in [7, 11) is -2.84. The van der Waals surface area contributed by atoms with Gasteiger partial charge in [-0.25, -0.2) is 8.42 Å². The van der Waals surface area contributed by atoms with E-state index >= 15 is 0 Å². The zero-order valence-electron chi connectivity index (χ0n) is 15.9. The fourth-order valence-electron chi connectivity index (χ4n) is 3.72. The molecule has 0 spiro atoms. The first-order valence-electron chi connectivity index (χ1n) is 9.88. The second kappa shape index (κ2) is 7.79. The topological polar surface area (TPSA) is 91.0 Å². The molecule has 1 aromatic rings. The smallest absolute Gasteiger partial charge is 0.194 e. The number of hydrogen-bond donors (Lipinski definition) is 1. The molecular formula is C18H29N5O3S. The Labute approximate surface area is 160 Å². The Morgan fingerprint density at radius 1 is 1.30 bits per heavy atom. The largest absolute Gasteiger partial charge is 0.361 e. The van der Waals surface area contributed by atoms with Gasteiger partial charge in [-0.15, -0.1) is 0 Å². The minimum atomic E-state index is -2.84. The van der Waals surface area contributed by atoms with Crippen molar-refractivity contribution < 1.29 is 12.9 Å². The third kappa shape index (κ3) is 5.22. The summed E-state index contributed by atoms with van der Waals surface area (Å²) in [5.74, 6) is 2.58. The van der Waals surface area contributed by atoms with Crippen molar-refractivity contribution in [3.63, 3.8) is 0 Å². The highest BCUT2D eigenvalue weighted by Crippen LogP contribution is 2.21. The molecule has 9 heteroatoms. The van der Waals surface area contributed by atoms with Gasteiger partial charge in [0.05, 0.1) is 17.2 Å². The van der Waals surface area contributed by atoms with Gasteiger partial charge in [-0.1, -0.05) is 5.16 Å². The van der Waals surface area contributed by atoms with E-state index in [2.05, 4.69) is 20.3 Å². The van der Waals surface area contributed by atoms with Crippen molar-refractivity contribution in [3.05, 3.63) is 17.5 Å². The van der Waals surface area contributed by atoms with Crippen molar-refractivity contribution in [2.75, 3.05) is 44.2 Å². The Kier molecular flexibility index (Phi) is 5.41. The maximum absolute atomic E-state index is 11.7. The van der Waals surface area contributed by atoms with Gasteiger partial charge in [0.25, 0.3) is 0 Å². The van der Waals surface area contributed by atoms with Crippen molar-refractivity contribution in [3.8, 4) is 0 Å². The second-order valence-electron chi connectivity index (χ2n) is 8.04. The van der Waals surface area contributed by atoms with E-state index in [1.165, 1.54) is 12.8 Å². The van der Waals surface area contributed by atoms with Crippen LogP contribution in [-0.2, 0) is 16.4 Å². The Bertz CT molecular complexity index is 779. The molecule has 0 bridgehead atoms. The number of nitrogens with one attached hydrogen (secondary N) is 1. The standard InChI is InChI=1S/C18H29N5O3S/c1-14-10-17(21-26-14)12-22-5-7-23(8-6-22)18(20-16-2-3-16)19-11-15-4-9-27(24,25)13-15/h10,15-16H,2-9,11-13H2,1H3,(H,19,20). The normalized spacial score (nSPS) is 26.5. The van der Waals surface area contributed by atoms with Crippen LogP contribution in [-0.4, -0.2) is 79.6 Å². The van der Waals surface area contributed by atoms with Crippen molar-refractivity contribution in [2.45, 2.75) is 38.8 Å². The first-order valence-corrected chi connectivity index (χ1v) is 11.7. The first kappa shape index (κ1) is 18.7. The zero-order valence-corrected chi connectivity index (χ0v) is 16.7. The molecular weight excluding hydrogens is 366 g/mol. The van der Waals surface area contributed by atoms with E-state index in [4.69, 9.17) is 9.52 Å². The van der Waals surface area contributed by atoms with E-state index in [1.54, 1.807) is 0 Å². The molecule has 3 heterocycles. The average Bonchev–Trinajstić information content (AvgIpc) is 3.26. The Morgan fingerprint density at radius 2 is 2.07 bits per heavy atom. The molecule has 27 heavy (non-hydrogen) atoms. The predicted molar refractivity (Wildman–Crippen MR) is 103 cm³/mol. The van der Waals surface area contributed by atoms with Crippen LogP contribution in [0.1, 0.15) is 30.7 Å². The van der Waals surface area contributed by atoms with Crippen molar-refractivity contribution >= 4 is 15.8 Å². The lowest BCUT2D eigenvalue weighted by Crippen LogP contribution is -2.52. The lowest BCUT2D eigenvalue weighted by atomic mass is 10.1. The molecule has 150 valence electrons. The number of nitrogens with zero attached hydrogens (tertiary/aromatic N) is 4. The molecule has 3 aliphatic rings. The van der Waals surface area contributed by atoms with E-state index < -0.39 is 9.84 Å². The fourth-order valence-corrected chi connectivity index (χ4v) is 5.57. The van der Waals surface area contributed by atoms with Crippen molar-refractivity contribution in [2.24, 2.45) is 10.9 Å².